The van der Waals surface area contributed by atoms with Gasteiger partial charge >= 0.3 is 0 Å². The van der Waals surface area contributed by atoms with E-state index in [1.165, 1.54) is 24.4 Å². The maximum absolute atomic E-state index is 14.9. The number of benzene rings is 2. The van der Waals surface area contributed by atoms with Crippen LogP contribution in [0, 0.1) is 18.6 Å². The monoisotopic (exact) mass is 427 g/mol. The van der Waals surface area contributed by atoms with Crippen molar-refractivity contribution in [3.8, 4) is 0 Å². The van der Waals surface area contributed by atoms with Crippen LogP contribution in [0.5, 0.6) is 0 Å². The third kappa shape index (κ3) is 4.71. The molecule has 0 spiro atoms. The van der Waals surface area contributed by atoms with Gasteiger partial charge in [0, 0.05) is 30.5 Å². The summed E-state index contributed by atoms with van der Waals surface area (Å²) < 4.78 is 32.4. The van der Waals surface area contributed by atoms with Gasteiger partial charge in [-0.1, -0.05) is 24.3 Å². The summed E-state index contributed by atoms with van der Waals surface area (Å²) in [6, 6.07) is 11.2. The molecule has 0 aliphatic carbocycles. The van der Waals surface area contributed by atoms with E-state index in [9.17, 15) is 8.78 Å². The van der Waals surface area contributed by atoms with Crippen molar-refractivity contribution >= 4 is 23.5 Å². The summed E-state index contributed by atoms with van der Waals surface area (Å²) in [5.74, 6) is -0.730. The van der Waals surface area contributed by atoms with Gasteiger partial charge in [-0.15, -0.1) is 0 Å². The average Bonchev–Trinajstić information content (AvgIpc) is 2.73. The molecule has 3 aromatic rings. The lowest BCUT2D eigenvalue weighted by molar-refractivity contribution is 0.172. The number of likely N-dealkylation sites (tertiary alicyclic amines) is 1. The Kier molecular flexibility index (Phi) is 6.44. The van der Waals surface area contributed by atoms with Gasteiger partial charge in [0.15, 0.2) is 0 Å². The predicted molar refractivity (Wildman–Crippen MR) is 116 cm³/mol. The SMILES string of the molecule is Cc1c(NCc2ccccc2CN2CCC2)cc(F)c(SNc2ccncn2)c1F. The Hall–Kier alpha value is -2.71. The van der Waals surface area contributed by atoms with E-state index in [1.807, 2.05) is 12.1 Å². The third-order valence-corrected chi connectivity index (χ3v) is 6.08. The Balaban J connectivity index is 1.46. The first-order valence-electron chi connectivity index (χ1n) is 9.82. The second-order valence-corrected chi connectivity index (χ2v) is 8.04. The molecule has 0 bridgehead atoms. The van der Waals surface area contributed by atoms with Crippen LogP contribution in [0.4, 0.5) is 20.3 Å². The first-order chi connectivity index (χ1) is 14.6. The van der Waals surface area contributed by atoms with Gasteiger partial charge in [0.05, 0.1) is 0 Å². The van der Waals surface area contributed by atoms with Crippen molar-refractivity contribution in [1.82, 2.24) is 14.9 Å². The van der Waals surface area contributed by atoms with Crippen LogP contribution in [0.15, 0.2) is 53.8 Å². The summed E-state index contributed by atoms with van der Waals surface area (Å²) in [6.45, 7) is 5.32. The highest BCUT2D eigenvalue weighted by molar-refractivity contribution is 8.00. The molecular formula is C22H23F2N5S. The van der Waals surface area contributed by atoms with Gasteiger partial charge in [-0.2, -0.15) is 0 Å². The summed E-state index contributed by atoms with van der Waals surface area (Å²) in [5.41, 5.74) is 3.21. The van der Waals surface area contributed by atoms with Crippen LogP contribution < -0.4 is 10.0 Å². The Bertz CT molecular complexity index is 1010. The number of halogens is 2. The highest BCUT2D eigenvalue weighted by Crippen LogP contribution is 2.32. The molecule has 1 fully saturated rings. The van der Waals surface area contributed by atoms with Gasteiger partial charge in [-0.25, -0.2) is 18.7 Å². The van der Waals surface area contributed by atoms with Crippen molar-refractivity contribution < 1.29 is 8.78 Å². The number of anilines is 2. The topological polar surface area (TPSA) is 53.1 Å². The number of hydrogen-bond donors (Lipinski definition) is 2. The first-order valence-corrected chi connectivity index (χ1v) is 10.6. The molecule has 2 heterocycles. The van der Waals surface area contributed by atoms with Crippen molar-refractivity contribution in [3.05, 3.63) is 77.2 Å². The number of nitrogens with one attached hydrogen (secondary N) is 2. The zero-order chi connectivity index (χ0) is 20.9. The number of rotatable bonds is 8. The van der Waals surface area contributed by atoms with Gasteiger partial charge in [0.1, 0.15) is 28.7 Å². The molecule has 0 saturated carbocycles. The molecule has 1 aliphatic heterocycles. The Morgan fingerprint density at radius 1 is 1.13 bits per heavy atom. The van der Waals surface area contributed by atoms with E-state index in [0.29, 0.717) is 23.6 Å². The normalized spacial score (nSPS) is 13.7. The van der Waals surface area contributed by atoms with E-state index in [0.717, 1.165) is 37.1 Å². The van der Waals surface area contributed by atoms with Gasteiger partial charge in [-0.05, 0) is 61.6 Å². The van der Waals surface area contributed by atoms with E-state index in [4.69, 9.17) is 0 Å². The maximum atomic E-state index is 14.9. The van der Waals surface area contributed by atoms with Gasteiger partial charge in [0.25, 0.3) is 0 Å². The molecule has 2 aromatic carbocycles. The first kappa shape index (κ1) is 20.6. The molecular weight excluding hydrogens is 404 g/mol. The standard InChI is InChI=1S/C22H23F2N5S/c1-15-19(26-12-16-5-2-3-6-17(16)13-29-9-4-10-29)11-18(23)22(21(15)24)30-28-20-7-8-25-14-27-20/h2-3,5-8,11,14,26H,4,9-10,12-13H2,1H3,(H,25,27,28). The van der Waals surface area contributed by atoms with Crippen molar-refractivity contribution in [2.24, 2.45) is 0 Å². The van der Waals surface area contributed by atoms with Crippen LogP contribution in [-0.4, -0.2) is 28.0 Å². The molecule has 5 nitrogen and oxygen atoms in total. The predicted octanol–water partition coefficient (Wildman–Crippen LogP) is 5.00. The fourth-order valence-electron chi connectivity index (χ4n) is 3.28. The van der Waals surface area contributed by atoms with Crippen molar-refractivity contribution in [3.63, 3.8) is 0 Å². The smallest absolute Gasteiger partial charge is 0.146 e. The van der Waals surface area contributed by atoms with Crippen LogP contribution in [0.2, 0.25) is 0 Å². The molecule has 4 rings (SSSR count). The molecule has 1 aromatic heterocycles. The lowest BCUT2D eigenvalue weighted by Crippen LogP contribution is -2.36. The number of nitrogens with zero attached hydrogens (tertiary/aromatic N) is 3. The summed E-state index contributed by atoms with van der Waals surface area (Å²) in [5, 5.41) is 3.21. The molecule has 0 unspecified atom stereocenters. The molecule has 1 saturated heterocycles. The van der Waals surface area contributed by atoms with Gasteiger partial charge < -0.3 is 10.0 Å². The van der Waals surface area contributed by atoms with Crippen LogP contribution in [0.1, 0.15) is 23.1 Å². The lowest BCUT2D eigenvalue weighted by Gasteiger charge is -2.31. The summed E-state index contributed by atoms with van der Waals surface area (Å²) in [6.07, 6.45) is 4.17. The van der Waals surface area contributed by atoms with E-state index in [1.54, 1.807) is 19.2 Å². The van der Waals surface area contributed by atoms with Crippen molar-refractivity contribution in [2.45, 2.75) is 31.3 Å². The third-order valence-electron chi connectivity index (χ3n) is 5.19. The zero-order valence-electron chi connectivity index (χ0n) is 16.7. The van der Waals surface area contributed by atoms with Crippen LogP contribution in [0.25, 0.3) is 0 Å². The molecule has 0 radical (unpaired) electrons. The highest BCUT2D eigenvalue weighted by Gasteiger charge is 2.18. The fourth-order valence-corrected chi connectivity index (χ4v) is 4.01. The van der Waals surface area contributed by atoms with Crippen LogP contribution in [-0.2, 0) is 13.1 Å². The highest BCUT2D eigenvalue weighted by atomic mass is 32.2. The molecule has 2 N–H and O–H groups in total. The quantitative estimate of drug-likeness (QED) is 0.494. The largest absolute Gasteiger partial charge is 0.381 e. The second-order valence-electron chi connectivity index (χ2n) is 7.22. The van der Waals surface area contributed by atoms with Crippen LogP contribution in [0.3, 0.4) is 0 Å². The molecule has 8 heteroatoms. The minimum Gasteiger partial charge on any atom is -0.381 e. The van der Waals surface area contributed by atoms with E-state index < -0.39 is 11.6 Å². The van der Waals surface area contributed by atoms with Gasteiger partial charge in [-0.3, -0.25) is 4.90 Å². The molecule has 30 heavy (non-hydrogen) atoms. The second kappa shape index (κ2) is 9.40. The summed E-state index contributed by atoms with van der Waals surface area (Å²) in [7, 11) is 0. The minimum absolute atomic E-state index is 0.0881. The van der Waals surface area contributed by atoms with Crippen LogP contribution >= 0.6 is 11.9 Å². The molecule has 1 aliphatic rings. The summed E-state index contributed by atoms with van der Waals surface area (Å²) in [4.78, 5) is 10.1. The number of hydrogen-bond acceptors (Lipinski definition) is 6. The van der Waals surface area contributed by atoms with Crippen molar-refractivity contribution in [1.29, 1.82) is 0 Å². The van der Waals surface area contributed by atoms with Crippen molar-refractivity contribution in [2.75, 3.05) is 23.1 Å². The molecule has 156 valence electrons. The van der Waals surface area contributed by atoms with Gasteiger partial charge in [0.2, 0.25) is 0 Å². The molecule has 0 amide bonds. The van der Waals surface area contributed by atoms with E-state index in [-0.39, 0.29) is 4.90 Å². The Morgan fingerprint density at radius 3 is 2.63 bits per heavy atom. The minimum atomic E-state index is -0.624. The number of aromatic nitrogens is 2. The van der Waals surface area contributed by atoms with E-state index in [2.05, 4.69) is 37.0 Å². The Morgan fingerprint density at radius 2 is 1.93 bits per heavy atom. The lowest BCUT2D eigenvalue weighted by atomic mass is 10.0. The zero-order valence-corrected chi connectivity index (χ0v) is 17.5. The molecule has 0 atom stereocenters. The maximum Gasteiger partial charge on any atom is 0.146 e. The summed E-state index contributed by atoms with van der Waals surface area (Å²) >= 11 is 0.859. The average molecular weight is 428 g/mol. The fraction of sp³-hybridized carbons (Fsp3) is 0.273. The Labute approximate surface area is 179 Å². The van der Waals surface area contributed by atoms with E-state index >= 15 is 0 Å².